The number of rotatable bonds is 6. The van der Waals surface area contributed by atoms with E-state index in [1.807, 2.05) is 41.7 Å². The second kappa shape index (κ2) is 14.2. The summed E-state index contributed by atoms with van der Waals surface area (Å²) in [6, 6.07) is 72.5. The molecule has 13 aromatic rings. The first-order valence-corrected chi connectivity index (χ1v) is 21.9. The van der Waals surface area contributed by atoms with E-state index in [0.29, 0.717) is 17.5 Å². The third-order valence-electron chi connectivity index (χ3n) is 12.3. The van der Waals surface area contributed by atoms with Gasteiger partial charge in [-0.15, -0.1) is 11.3 Å². The number of benzene rings is 9. The Labute approximate surface area is 365 Å². The number of para-hydroxylation sites is 2. The van der Waals surface area contributed by atoms with E-state index in [1.165, 1.54) is 30.9 Å². The summed E-state index contributed by atoms with van der Waals surface area (Å²) < 4.78 is 12.1. The number of hydrogen-bond donors (Lipinski definition) is 0. The monoisotopic (exact) mass is 822 g/mol. The number of thiophene rings is 1. The lowest BCUT2D eigenvalue weighted by Gasteiger charge is -2.11. The molecule has 0 amide bonds. The third kappa shape index (κ3) is 5.80. The molecule has 0 aliphatic carbocycles. The van der Waals surface area contributed by atoms with Crippen molar-refractivity contribution in [2.75, 3.05) is 0 Å². The van der Waals surface area contributed by atoms with Gasteiger partial charge in [0, 0.05) is 58.4 Å². The highest BCUT2D eigenvalue weighted by atomic mass is 32.1. The lowest BCUT2D eigenvalue weighted by molar-refractivity contribution is 0.666. The molecule has 0 spiro atoms. The fourth-order valence-corrected chi connectivity index (χ4v) is 10.4. The maximum Gasteiger partial charge on any atom is 0.164 e. The van der Waals surface area contributed by atoms with E-state index in [0.717, 1.165) is 77.6 Å². The molecule has 0 bridgehead atoms. The first kappa shape index (κ1) is 35.6. The second-order valence-electron chi connectivity index (χ2n) is 16.0. The molecule has 9 aromatic carbocycles. The van der Waals surface area contributed by atoms with Gasteiger partial charge in [-0.2, -0.15) is 0 Å². The van der Waals surface area contributed by atoms with Crippen molar-refractivity contribution in [1.82, 2.24) is 19.5 Å². The van der Waals surface area contributed by atoms with Gasteiger partial charge >= 0.3 is 0 Å². The smallest absolute Gasteiger partial charge is 0.164 e. The molecule has 0 saturated carbocycles. The molecule has 4 heterocycles. The Balaban J connectivity index is 1.07. The van der Waals surface area contributed by atoms with Crippen molar-refractivity contribution >= 4 is 75.3 Å². The van der Waals surface area contributed by atoms with Gasteiger partial charge in [0.25, 0.3) is 0 Å². The van der Waals surface area contributed by atoms with Crippen molar-refractivity contribution in [3.8, 4) is 62.1 Å². The Hall–Kier alpha value is -8.19. The Morgan fingerprint density at radius 2 is 0.937 bits per heavy atom. The zero-order valence-electron chi connectivity index (χ0n) is 33.7. The largest absolute Gasteiger partial charge is 0.454 e. The Bertz CT molecular complexity index is 3890. The first-order chi connectivity index (χ1) is 31.2. The molecule has 0 aliphatic heterocycles. The van der Waals surface area contributed by atoms with E-state index in [2.05, 4.69) is 180 Å². The summed E-state index contributed by atoms with van der Waals surface area (Å²) in [4.78, 5) is 15.7. The van der Waals surface area contributed by atoms with Crippen molar-refractivity contribution < 1.29 is 4.42 Å². The van der Waals surface area contributed by atoms with Crippen LogP contribution in [-0.4, -0.2) is 19.5 Å². The van der Waals surface area contributed by atoms with Crippen LogP contribution in [0, 0.1) is 0 Å². The van der Waals surface area contributed by atoms with Crippen LogP contribution < -0.4 is 0 Å². The SMILES string of the molecule is c1ccc(-c2ccc(-c3nc(-c4ccccc4)nc(-c4cc(-c5ccccc5)cc5oc6c(-n7c8ccccc8c8cc9c(cc87)sc7ccccc79)cccc6c45)n3)cc2)cc1. The third-order valence-corrected chi connectivity index (χ3v) is 13.4. The number of furan rings is 1. The molecular formula is C57H34N4OS. The summed E-state index contributed by atoms with van der Waals surface area (Å²) >= 11 is 1.84. The summed E-state index contributed by atoms with van der Waals surface area (Å²) in [5.74, 6) is 1.78. The van der Waals surface area contributed by atoms with E-state index < -0.39 is 0 Å². The molecule has 0 saturated heterocycles. The lowest BCUT2D eigenvalue weighted by Crippen LogP contribution is -2.00. The molecule has 13 rings (SSSR count). The van der Waals surface area contributed by atoms with Gasteiger partial charge in [-0.05, 0) is 64.7 Å². The molecule has 0 atom stereocenters. The first-order valence-electron chi connectivity index (χ1n) is 21.1. The molecule has 63 heavy (non-hydrogen) atoms. The minimum atomic E-state index is 0.575. The van der Waals surface area contributed by atoms with Crippen LogP contribution >= 0.6 is 11.3 Å². The minimum Gasteiger partial charge on any atom is -0.454 e. The van der Waals surface area contributed by atoms with Gasteiger partial charge in [0.05, 0.1) is 16.7 Å². The van der Waals surface area contributed by atoms with Crippen LogP contribution in [-0.2, 0) is 0 Å². The van der Waals surface area contributed by atoms with E-state index in [4.69, 9.17) is 19.4 Å². The molecular weight excluding hydrogens is 789 g/mol. The summed E-state index contributed by atoms with van der Waals surface area (Å²) in [6.07, 6.45) is 0. The van der Waals surface area contributed by atoms with Gasteiger partial charge in [-0.25, -0.2) is 15.0 Å². The Kier molecular flexibility index (Phi) is 8.01. The molecule has 6 heteroatoms. The maximum atomic E-state index is 7.16. The summed E-state index contributed by atoms with van der Waals surface area (Å²) in [5.41, 5.74) is 11.9. The van der Waals surface area contributed by atoms with Crippen molar-refractivity contribution in [3.05, 3.63) is 206 Å². The van der Waals surface area contributed by atoms with Crippen LogP contribution in [0.15, 0.2) is 211 Å². The van der Waals surface area contributed by atoms with E-state index in [1.54, 1.807) is 0 Å². The predicted octanol–water partition coefficient (Wildman–Crippen LogP) is 15.6. The second-order valence-corrected chi connectivity index (χ2v) is 17.0. The Morgan fingerprint density at radius 1 is 0.365 bits per heavy atom. The zero-order valence-corrected chi connectivity index (χ0v) is 34.6. The molecule has 0 fully saturated rings. The van der Waals surface area contributed by atoms with Crippen molar-refractivity contribution in [2.24, 2.45) is 0 Å². The summed E-state index contributed by atoms with van der Waals surface area (Å²) in [7, 11) is 0. The molecule has 294 valence electrons. The molecule has 0 N–H and O–H groups in total. The van der Waals surface area contributed by atoms with Crippen molar-refractivity contribution in [1.29, 1.82) is 0 Å². The quantitative estimate of drug-likeness (QED) is 0.168. The average molecular weight is 823 g/mol. The number of hydrogen-bond acceptors (Lipinski definition) is 5. The maximum absolute atomic E-state index is 7.16. The average Bonchev–Trinajstić information content (AvgIpc) is 4.03. The van der Waals surface area contributed by atoms with Crippen molar-refractivity contribution in [2.45, 2.75) is 0 Å². The number of nitrogens with zero attached hydrogens (tertiary/aromatic N) is 4. The van der Waals surface area contributed by atoms with Crippen LogP contribution in [0.1, 0.15) is 0 Å². The van der Waals surface area contributed by atoms with Gasteiger partial charge in [-0.3, -0.25) is 0 Å². The fraction of sp³-hybridized carbons (Fsp3) is 0. The van der Waals surface area contributed by atoms with Crippen LogP contribution in [0.3, 0.4) is 0 Å². The van der Waals surface area contributed by atoms with E-state index in [9.17, 15) is 0 Å². The highest BCUT2D eigenvalue weighted by molar-refractivity contribution is 7.25. The summed E-state index contributed by atoms with van der Waals surface area (Å²) in [5, 5.41) is 6.93. The van der Waals surface area contributed by atoms with Gasteiger partial charge in [0.15, 0.2) is 23.1 Å². The van der Waals surface area contributed by atoms with Crippen molar-refractivity contribution in [3.63, 3.8) is 0 Å². The molecule has 0 radical (unpaired) electrons. The summed E-state index contributed by atoms with van der Waals surface area (Å²) in [6.45, 7) is 0. The van der Waals surface area contributed by atoms with E-state index in [-0.39, 0.29) is 0 Å². The van der Waals surface area contributed by atoms with Gasteiger partial charge in [0.2, 0.25) is 0 Å². The minimum absolute atomic E-state index is 0.575. The van der Waals surface area contributed by atoms with Crippen LogP contribution in [0.5, 0.6) is 0 Å². The van der Waals surface area contributed by atoms with Crippen LogP contribution in [0.25, 0.3) is 126 Å². The normalized spacial score (nSPS) is 11.8. The van der Waals surface area contributed by atoms with Gasteiger partial charge in [0.1, 0.15) is 5.58 Å². The van der Waals surface area contributed by atoms with Crippen LogP contribution in [0.2, 0.25) is 0 Å². The molecule has 0 aliphatic rings. The zero-order chi connectivity index (χ0) is 41.4. The molecule has 4 aromatic heterocycles. The Morgan fingerprint density at radius 3 is 1.68 bits per heavy atom. The number of fused-ring (bicyclic) bond motifs is 9. The van der Waals surface area contributed by atoms with Gasteiger partial charge in [-0.1, -0.05) is 164 Å². The fourth-order valence-electron chi connectivity index (χ4n) is 9.29. The number of aromatic nitrogens is 4. The standard InChI is InChI=1S/C57H34N4OS/c1-4-15-35(16-5-1)37-27-29-39(30-28-37)56-58-55(38-19-8-3-9-20-38)59-57(60-56)46-31-40(36-17-6-2-7-18-36)32-50-53(46)43-23-14-25-48(54(43)62-50)61-47-24-12-10-21-41(47)44-33-45-42-22-11-13-26-51(42)63-52(45)34-49(44)61/h1-34H. The van der Waals surface area contributed by atoms with E-state index >= 15 is 0 Å². The lowest BCUT2D eigenvalue weighted by atomic mass is 9.98. The van der Waals surface area contributed by atoms with Crippen LogP contribution in [0.4, 0.5) is 0 Å². The topological polar surface area (TPSA) is 56.7 Å². The highest BCUT2D eigenvalue weighted by Gasteiger charge is 2.23. The predicted molar refractivity (Wildman–Crippen MR) is 262 cm³/mol. The van der Waals surface area contributed by atoms with Gasteiger partial charge < -0.3 is 8.98 Å². The molecule has 0 unspecified atom stereocenters. The molecule has 5 nitrogen and oxygen atoms in total. The highest BCUT2D eigenvalue weighted by Crippen LogP contribution is 2.45.